The topological polar surface area (TPSA) is 59.3 Å². The third-order valence-corrected chi connectivity index (χ3v) is 4.76. The van der Waals surface area contributed by atoms with Crippen LogP contribution in [0.25, 0.3) is 0 Å². The number of furan rings is 1. The van der Waals surface area contributed by atoms with Crippen LogP contribution in [0.5, 0.6) is 0 Å². The zero-order valence-corrected chi connectivity index (χ0v) is 14.0. The van der Waals surface area contributed by atoms with Crippen molar-refractivity contribution in [3.8, 4) is 0 Å². The van der Waals surface area contributed by atoms with Gasteiger partial charge in [-0.2, -0.15) is 0 Å². The Morgan fingerprint density at radius 3 is 2.64 bits per heavy atom. The minimum atomic E-state index is -0.324. The van der Waals surface area contributed by atoms with Crippen LogP contribution in [0.4, 0.5) is 5.69 Å². The maximum Gasteiger partial charge on any atom is 0.291 e. The fraction of sp³-hybridized carbons (Fsp3) is 0.294. The number of hydrogen-bond acceptors (Lipinski definition) is 3. The number of hydrogen-bond donors (Lipinski definition) is 1. The number of fused-ring (bicyclic) bond motifs is 1. The number of anilines is 1. The standard InChI is InChI=1S/C17H16BrNO3/c1-9-3-5-11(6-4-9)19-17(21)16-10(2)14-13(22-16)8-7-12(18)15(14)20/h3-6,12H,7-8H2,1-2H3,(H,19,21). The van der Waals surface area contributed by atoms with Gasteiger partial charge in [0.1, 0.15) is 5.76 Å². The van der Waals surface area contributed by atoms with E-state index >= 15 is 0 Å². The molecular formula is C17H16BrNO3. The second-order valence-electron chi connectivity index (χ2n) is 5.54. The van der Waals surface area contributed by atoms with E-state index in [2.05, 4.69) is 21.2 Å². The molecule has 4 nitrogen and oxygen atoms in total. The molecule has 0 saturated carbocycles. The number of Topliss-reactive ketones (excluding diaryl/α,β-unsaturated/α-hetero) is 1. The molecule has 1 aliphatic rings. The molecule has 114 valence electrons. The minimum Gasteiger partial charge on any atom is -0.455 e. The summed E-state index contributed by atoms with van der Waals surface area (Å²) >= 11 is 3.37. The molecular weight excluding hydrogens is 346 g/mol. The number of ketones is 1. The Morgan fingerprint density at radius 1 is 1.27 bits per heavy atom. The first-order chi connectivity index (χ1) is 10.5. The molecule has 1 amide bonds. The van der Waals surface area contributed by atoms with Crippen LogP contribution >= 0.6 is 15.9 Å². The highest BCUT2D eigenvalue weighted by molar-refractivity contribution is 9.10. The highest BCUT2D eigenvalue weighted by Crippen LogP contribution is 2.32. The van der Waals surface area contributed by atoms with Crippen molar-refractivity contribution in [1.29, 1.82) is 0 Å². The number of amides is 1. The molecule has 0 fully saturated rings. The van der Waals surface area contributed by atoms with Crippen molar-refractivity contribution in [1.82, 2.24) is 0 Å². The molecule has 0 saturated heterocycles. The highest BCUT2D eigenvalue weighted by Gasteiger charge is 2.33. The van der Waals surface area contributed by atoms with Crippen molar-refractivity contribution in [2.24, 2.45) is 0 Å². The summed E-state index contributed by atoms with van der Waals surface area (Å²) in [6.07, 6.45) is 1.35. The average Bonchev–Trinajstić information content (AvgIpc) is 2.83. The molecule has 3 rings (SSSR count). The lowest BCUT2D eigenvalue weighted by Gasteiger charge is -2.14. The van der Waals surface area contributed by atoms with Crippen LogP contribution in [0.15, 0.2) is 28.7 Å². The Labute approximate surface area is 137 Å². The first-order valence-corrected chi connectivity index (χ1v) is 8.07. The van der Waals surface area contributed by atoms with Gasteiger partial charge in [0.2, 0.25) is 0 Å². The van der Waals surface area contributed by atoms with E-state index in [0.29, 0.717) is 35.4 Å². The van der Waals surface area contributed by atoms with E-state index in [4.69, 9.17) is 4.42 Å². The van der Waals surface area contributed by atoms with E-state index in [0.717, 1.165) is 5.56 Å². The number of benzene rings is 1. The first-order valence-electron chi connectivity index (χ1n) is 7.16. The summed E-state index contributed by atoms with van der Waals surface area (Å²) in [7, 11) is 0. The highest BCUT2D eigenvalue weighted by atomic mass is 79.9. The van der Waals surface area contributed by atoms with Crippen LogP contribution in [0.2, 0.25) is 0 Å². The van der Waals surface area contributed by atoms with Crippen LogP contribution in [-0.4, -0.2) is 16.5 Å². The van der Waals surface area contributed by atoms with E-state index in [1.54, 1.807) is 6.92 Å². The van der Waals surface area contributed by atoms with Crippen molar-refractivity contribution in [3.05, 3.63) is 52.5 Å². The fourth-order valence-electron chi connectivity index (χ4n) is 2.66. The molecule has 2 aromatic rings. The molecule has 5 heteroatoms. The predicted octanol–water partition coefficient (Wildman–Crippen LogP) is 4.04. The van der Waals surface area contributed by atoms with Gasteiger partial charge in [0.25, 0.3) is 5.91 Å². The minimum absolute atomic E-state index is 0.00288. The summed E-state index contributed by atoms with van der Waals surface area (Å²) in [6.45, 7) is 3.74. The number of rotatable bonds is 2. The molecule has 0 spiro atoms. The molecule has 1 heterocycles. The van der Waals surface area contributed by atoms with Crippen LogP contribution < -0.4 is 5.32 Å². The number of carbonyl (C=O) groups is 2. The normalized spacial score (nSPS) is 17.2. The van der Waals surface area contributed by atoms with Gasteiger partial charge in [-0.1, -0.05) is 33.6 Å². The third-order valence-electron chi connectivity index (χ3n) is 3.89. The summed E-state index contributed by atoms with van der Waals surface area (Å²) in [5, 5.41) is 2.81. The zero-order valence-electron chi connectivity index (χ0n) is 12.4. The quantitative estimate of drug-likeness (QED) is 0.821. The van der Waals surface area contributed by atoms with E-state index in [-0.39, 0.29) is 22.3 Å². The van der Waals surface area contributed by atoms with Crippen LogP contribution in [-0.2, 0) is 6.42 Å². The summed E-state index contributed by atoms with van der Waals surface area (Å²) in [4.78, 5) is 24.4. The Hall–Kier alpha value is -1.88. The smallest absolute Gasteiger partial charge is 0.291 e. The molecule has 1 aromatic heterocycles. The Balaban J connectivity index is 1.89. The van der Waals surface area contributed by atoms with E-state index in [1.165, 1.54) is 0 Å². The lowest BCUT2D eigenvalue weighted by molar-refractivity contribution is 0.0971. The second-order valence-corrected chi connectivity index (χ2v) is 6.65. The third kappa shape index (κ3) is 2.61. The lowest BCUT2D eigenvalue weighted by Crippen LogP contribution is -2.21. The molecule has 0 radical (unpaired) electrons. The first kappa shape index (κ1) is 15.0. The summed E-state index contributed by atoms with van der Waals surface area (Å²) < 4.78 is 5.66. The molecule has 0 bridgehead atoms. The largest absolute Gasteiger partial charge is 0.455 e. The van der Waals surface area contributed by atoms with E-state index < -0.39 is 0 Å². The average molecular weight is 362 g/mol. The Bertz CT molecular complexity index is 746. The van der Waals surface area contributed by atoms with Crippen molar-refractivity contribution >= 4 is 33.3 Å². The zero-order chi connectivity index (χ0) is 15.9. The van der Waals surface area contributed by atoms with Crippen molar-refractivity contribution in [2.45, 2.75) is 31.5 Å². The predicted molar refractivity (Wildman–Crippen MR) is 87.9 cm³/mol. The molecule has 0 aliphatic heterocycles. The fourth-order valence-corrected chi connectivity index (χ4v) is 3.12. The molecule has 1 aromatic carbocycles. The maximum atomic E-state index is 12.4. The van der Waals surface area contributed by atoms with Crippen LogP contribution in [0.1, 0.15) is 44.2 Å². The monoisotopic (exact) mass is 361 g/mol. The summed E-state index contributed by atoms with van der Waals surface area (Å²) in [6, 6.07) is 7.53. The van der Waals surface area contributed by atoms with Gasteiger partial charge in [-0.15, -0.1) is 0 Å². The van der Waals surface area contributed by atoms with Gasteiger partial charge in [0.15, 0.2) is 11.5 Å². The van der Waals surface area contributed by atoms with Gasteiger partial charge in [-0.05, 0) is 32.4 Å². The van der Waals surface area contributed by atoms with Gasteiger partial charge in [0.05, 0.1) is 10.4 Å². The second kappa shape index (κ2) is 5.72. The van der Waals surface area contributed by atoms with Gasteiger partial charge in [0, 0.05) is 17.7 Å². The number of halogens is 1. The Morgan fingerprint density at radius 2 is 1.95 bits per heavy atom. The molecule has 22 heavy (non-hydrogen) atoms. The van der Waals surface area contributed by atoms with Gasteiger partial charge in [-0.3, -0.25) is 9.59 Å². The number of alkyl halides is 1. The number of carbonyl (C=O) groups excluding carboxylic acids is 2. The van der Waals surface area contributed by atoms with Crippen LogP contribution in [0, 0.1) is 13.8 Å². The van der Waals surface area contributed by atoms with Gasteiger partial charge < -0.3 is 9.73 Å². The summed E-state index contributed by atoms with van der Waals surface area (Å²) in [5.41, 5.74) is 3.00. The Kier molecular flexibility index (Phi) is 3.91. The van der Waals surface area contributed by atoms with Gasteiger partial charge in [-0.25, -0.2) is 0 Å². The molecule has 1 aliphatic carbocycles. The summed E-state index contributed by atoms with van der Waals surface area (Å²) in [5.74, 6) is 0.513. The van der Waals surface area contributed by atoms with Crippen molar-refractivity contribution < 1.29 is 14.0 Å². The van der Waals surface area contributed by atoms with Gasteiger partial charge >= 0.3 is 0 Å². The molecule has 1 unspecified atom stereocenters. The number of nitrogens with one attached hydrogen (secondary N) is 1. The number of aryl methyl sites for hydroxylation is 2. The lowest BCUT2D eigenvalue weighted by atomic mass is 9.94. The molecule has 1 N–H and O–H groups in total. The van der Waals surface area contributed by atoms with Crippen molar-refractivity contribution in [3.63, 3.8) is 0 Å². The van der Waals surface area contributed by atoms with E-state index in [1.807, 2.05) is 31.2 Å². The van der Waals surface area contributed by atoms with Crippen LogP contribution in [0.3, 0.4) is 0 Å². The van der Waals surface area contributed by atoms with E-state index in [9.17, 15) is 9.59 Å². The molecule has 1 atom stereocenters. The maximum absolute atomic E-state index is 12.4. The SMILES string of the molecule is Cc1ccc(NC(=O)c2oc3c(c2C)C(=O)C(Br)CC3)cc1. The van der Waals surface area contributed by atoms with Crippen molar-refractivity contribution in [2.75, 3.05) is 5.32 Å².